The largest absolute Gasteiger partial charge is 0.376 e. The molecule has 1 aliphatic heterocycles. The number of amides is 1. The van der Waals surface area contributed by atoms with Crippen LogP contribution in [0, 0.1) is 6.92 Å². The summed E-state index contributed by atoms with van der Waals surface area (Å²) in [7, 11) is 1.90. The normalized spacial score (nSPS) is 20.3. The molecule has 2 N–H and O–H groups in total. The number of hydrogen-bond donors (Lipinski definition) is 2. The third kappa shape index (κ3) is 3.63. The Hall–Kier alpha value is -2.77. The summed E-state index contributed by atoms with van der Waals surface area (Å²) in [4.78, 5) is 21.5. The number of rotatable bonds is 4. The average molecular weight is 393 g/mol. The molecule has 1 aromatic carbocycles. The SMILES string of the molecule is CCCC1C(O)N(C)CCN1C(=O)c1cccc(-c2cnc3n[nH]c(C)c3c2)c1. The maximum absolute atomic E-state index is 13.3. The number of carbonyl (C=O) groups is 1. The molecule has 2 aromatic heterocycles. The van der Waals surface area contributed by atoms with Crippen molar-refractivity contribution in [2.45, 2.75) is 39.0 Å². The number of aromatic nitrogens is 3. The summed E-state index contributed by atoms with van der Waals surface area (Å²) < 4.78 is 0. The van der Waals surface area contributed by atoms with Gasteiger partial charge < -0.3 is 10.0 Å². The summed E-state index contributed by atoms with van der Waals surface area (Å²) in [5.74, 6) is -0.0361. The van der Waals surface area contributed by atoms with E-state index in [0.29, 0.717) is 24.3 Å². The van der Waals surface area contributed by atoms with Crippen LogP contribution in [0.15, 0.2) is 36.5 Å². The molecule has 2 unspecified atom stereocenters. The minimum Gasteiger partial charge on any atom is -0.376 e. The first-order valence-electron chi connectivity index (χ1n) is 10.1. The first kappa shape index (κ1) is 19.5. The van der Waals surface area contributed by atoms with Crippen LogP contribution in [0.25, 0.3) is 22.2 Å². The van der Waals surface area contributed by atoms with Gasteiger partial charge in [-0.15, -0.1) is 0 Å². The number of nitrogens with zero attached hydrogens (tertiary/aromatic N) is 4. The summed E-state index contributed by atoms with van der Waals surface area (Å²) in [6.45, 7) is 5.31. The Morgan fingerprint density at radius 1 is 1.28 bits per heavy atom. The second-order valence-corrected chi connectivity index (χ2v) is 7.77. The zero-order chi connectivity index (χ0) is 20.5. The van der Waals surface area contributed by atoms with Gasteiger partial charge in [0.05, 0.1) is 6.04 Å². The van der Waals surface area contributed by atoms with Crippen molar-refractivity contribution in [3.63, 3.8) is 0 Å². The molecule has 152 valence electrons. The van der Waals surface area contributed by atoms with Crippen LogP contribution in [0.1, 0.15) is 35.8 Å². The number of H-pyrrole nitrogens is 1. The van der Waals surface area contributed by atoms with Crippen LogP contribution in [0.2, 0.25) is 0 Å². The zero-order valence-electron chi connectivity index (χ0n) is 17.1. The van der Waals surface area contributed by atoms with Gasteiger partial charge in [0, 0.05) is 41.5 Å². The van der Waals surface area contributed by atoms with Crippen molar-refractivity contribution in [2.75, 3.05) is 20.1 Å². The molecule has 1 aliphatic rings. The first-order chi connectivity index (χ1) is 14.0. The Bertz CT molecular complexity index is 1030. The lowest BCUT2D eigenvalue weighted by molar-refractivity contribution is -0.0762. The third-order valence-electron chi connectivity index (χ3n) is 5.78. The molecule has 0 aliphatic carbocycles. The highest BCUT2D eigenvalue weighted by Gasteiger charge is 2.35. The highest BCUT2D eigenvalue weighted by molar-refractivity contribution is 5.96. The number of aliphatic hydroxyl groups is 1. The third-order valence-corrected chi connectivity index (χ3v) is 5.78. The molecule has 0 saturated carbocycles. The Balaban J connectivity index is 1.65. The molecule has 29 heavy (non-hydrogen) atoms. The zero-order valence-corrected chi connectivity index (χ0v) is 17.1. The van der Waals surface area contributed by atoms with E-state index in [4.69, 9.17) is 0 Å². The van der Waals surface area contributed by atoms with Crippen molar-refractivity contribution in [1.29, 1.82) is 0 Å². The maximum Gasteiger partial charge on any atom is 0.254 e. The molecule has 0 bridgehead atoms. The lowest BCUT2D eigenvalue weighted by Crippen LogP contribution is -2.59. The number of fused-ring (bicyclic) bond motifs is 1. The molecule has 7 heteroatoms. The second-order valence-electron chi connectivity index (χ2n) is 7.77. The molecule has 2 atom stereocenters. The quantitative estimate of drug-likeness (QED) is 0.712. The molecule has 1 saturated heterocycles. The Kier molecular flexibility index (Phi) is 5.34. The van der Waals surface area contributed by atoms with Crippen molar-refractivity contribution in [3.8, 4) is 11.1 Å². The van der Waals surface area contributed by atoms with Crippen LogP contribution >= 0.6 is 0 Å². The van der Waals surface area contributed by atoms with E-state index in [-0.39, 0.29) is 11.9 Å². The van der Waals surface area contributed by atoms with Crippen molar-refractivity contribution in [2.24, 2.45) is 0 Å². The smallest absolute Gasteiger partial charge is 0.254 e. The number of aliphatic hydroxyl groups excluding tert-OH is 1. The summed E-state index contributed by atoms with van der Waals surface area (Å²) in [5, 5.41) is 18.7. The van der Waals surface area contributed by atoms with E-state index >= 15 is 0 Å². The lowest BCUT2D eigenvalue weighted by Gasteiger charge is -2.44. The van der Waals surface area contributed by atoms with Gasteiger partial charge in [0.25, 0.3) is 5.91 Å². The van der Waals surface area contributed by atoms with Gasteiger partial charge in [0.15, 0.2) is 5.65 Å². The molecule has 7 nitrogen and oxygen atoms in total. The van der Waals surface area contributed by atoms with Crippen molar-refractivity contribution < 1.29 is 9.90 Å². The number of benzene rings is 1. The average Bonchev–Trinajstić information content (AvgIpc) is 3.11. The fourth-order valence-corrected chi connectivity index (χ4v) is 4.05. The van der Waals surface area contributed by atoms with E-state index in [1.165, 1.54) is 0 Å². The van der Waals surface area contributed by atoms with Crippen molar-refractivity contribution >= 4 is 16.9 Å². The summed E-state index contributed by atoms with van der Waals surface area (Å²) in [5.41, 5.74) is 4.17. The number of aromatic amines is 1. The standard InChI is InChI=1S/C22H27N5O2/c1-4-6-19-22(29)26(3)9-10-27(19)21(28)16-8-5-7-15(11-16)17-12-18-14(2)24-25-20(18)23-13-17/h5,7-8,11-13,19,22,29H,4,6,9-10H2,1-3H3,(H,23,24,25). The number of likely N-dealkylation sites (N-methyl/N-ethyl adjacent to an activating group) is 1. The number of piperazine rings is 1. The highest BCUT2D eigenvalue weighted by Crippen LogP contribution is 2.26. The second kappa shape index (κ2) is 7.93. The molecule has 0 spiro atoms. The van der Waals surface area contributed by atoms with E-state index < -0.39 is 6.23 Å². The molecule has 3 heterocycles. The molecule has 1 amide bonds. The number of nitrogens with one attached hydrogen (secondary N) is 1. The van der Waals surface area contributed by atoms with E-state index in [1.807, 2.05) is 54.1 Å². The van der Waals surface area contributed by atoms with Gasteiger partial charge in [-0.2, -0.15) is 5.10 Å². The molecule has 4 rings (SSSR count). The minimum atomic E-state index is -0.633. The molecular weight excluding hydrogens is 366 g/mol. The van der Waals surface area contributed by atoms with Gasteiger partial charge in [0.1, 0.15) is 6.23 Å². The van der Waals surface area contributed by atoms with Crippen LogP contribution in [0.5, 0.6) is 0 Å². The van der Waals surface area contributed by atoms with Crippen molar-refractivity contribution in [3.05, 3.63) is 47.8 Å². The molecular formula is C22H27N5O2. The summed E-state index contributed by atoms with van der Waals surface area (Å²) in [6, 6.07) is 9.49. The van der Waals surface area contributed by atoms with Crippen LogP contribution in [0.3, 0.4) is 0 Å². The lowest BCUT2D eigenvalue weighted by atomic mass is 10.0. The maximum atomic E-state index is 13.3. The van der Waals surface area contributed by atoms with Gasteiger partial charge >= 0.3 is 0 Å². The predicted octanol–water partition coefficient (Wildman–Crippen LogP) is 2.81. The number of pyridine rings is 1. The topological polar surface area (TPSA) is 85.3 Å². The van der Waals surface area contributed by atoms with Gasteiger partial charge in [-0.05, 0) is 44.2 Å². The minimum absolute atomic E-state index is 0.0361. The summed E-state index contributed by atoms with van der Waals surface area (Å²) >= 11 is 0. The highest BCUT2D eigenvalue weighted by atomic mass is 16.3. The first-order valence-corrected chi connectivity index (χ1v) is 10.1. The molecule has 1 fully saturated rings. The van der Waals surface area contributed by atoms with Gasteiger partial charge in [0.2, 0.25) is 0 Å². The Morgan fingerprint density at radius 2 is 2.10 bits per heavy atom. The number of hydrogen-bond acceptors (Lipinski definition) is 5. The van der Waals surface area contributed by atoms with Crippen molar-refractivity contribution in [1.82, 2.24) is 25.0 Å². The predicted molar refractivity (Wildman–Crippen MR) is 112 cm³/mol. The Labute approximate surface area is 170 Å². The number of aryl methyl sites for hydroxylation is 1. The van der Waals surface area contributed by atoms with Crippen LogP contribution in [-0.4, -0.2) is 68.4 Å². The fourth-order valence-electron chi connectivity index (χ4n) is 4.05. The van der Waals surface area contributed by atoms with E-state index in [9.17, 15) is 9.90 Å². The van der Waals surface area contributed by atoms with Crippen LogP contribution in [-0.2, 0) is 0 Å². The van der Waals surface area contributed by atoms with Gasteiger partial charge in [-0.25, -0.2) is 4.98 Å². The monoisotopic (exact) mass is 393 g/mol. The number of carbonyl (C=O) groups excluding carboxylic acids is 1. The van der Waals surface area contributed by atoms with Gasteiger partial charge in [-0.1, -0.05) is 25.5 Å². The Morgan fingerprint density at radius 3 is 2.90 bits per heavy atom. The van der Waals surface area contributed by atoms with E-state index in [1.54, 1.807) is 6.20 Å². The molecule has 3 aromatic rings. The van der Waals surface area contributed by atoms with E-state index in [2.05, 4.69) is 22.1 Å². The summed E-state index contributed by atoms with van der Waals surface area (Å²) in [6.07, 6.45) is 2.84. The van der Waals surface area contributed by atoms with E-state index in [0.717, 1.165) is 35.0 Å². The van der Waals surface area contributed by atoms with Gasteiger partial charge in [-0.3, -0.25) is 14.8 Å². The van der Waals surface area contributed by atoms with Crippen LogP contribution in [0.4, 0.5) is 0 Å². The van der Waals surface area contributed by atoms with Crippen LogP contribution < -0.4 is 0 Å². The fraction of sp³-hybridized carbons (Fsp3) is 0.409. The molecule has 0 radical (unpaired) electrons.